The highest BCUT2D eigenvalue weighted by Gasteiger charge is 2.33. The lowest BCUT2D eigenvalue weighted by Gasteiger charge is -2.26. The van der Waals surface area contributed by atoms with Crippen LogP contribution in [0, 0.1) is 5.92 Å². The molecular weight excluding hydrogens is 543 g/mol. The van der Waals surface area contributed by atoms with Gasteiger partial charge < -0.3 is 10.6 Å². The Balaban J connectivity index is 1.52. The lowest BCUT2D eigenvalue weighted by Crippen LogP contribution is -2.35. The van der Waals surface area contributed by atoms with Crippen LogP contribution in [0.2, 0.25) is 0 Å². The first-order chi connectivity index (χ1) is 13.7. The molecule has 0 spiro atoms. The van der Waals surface area contributed by atoms with E-state index in [1.165, 1.54) is 18.2 Å². The fourth-order valence-corrected chi connectivity index (χ4v) is 5.74. The molecule has 0 atom stereocenters. The molecule has 1 aromatic carbocycles. The van der Waals surface area contributed by atoms with E-state index in [9.17, 15) is 18.0 Å². The highest BCUT2D eigenvalue weighted by atomic mass is 127. The molecule has 1 amide bonds. The van der Waals surface area contributed by atoms with Gasteiger partial charge in [0.15, 0.2) is 3.18 Å². The number of nitrogens with one attached hydrogen (secondary N) is 2. The van der Waals surface area contributed by atoms with Gasteiger partial charge in [0.25, 0.3) is 0 Å². The van der Waals surface area contributed by atoms with Crippen molar-refractivity contribution in [3.63, 3.8) is 0 Å². The molecule has 2 N–H and O–H groups in total. The molecule has 0 saturated heterocycles. The van der Waals surface area contributed by atoms with Gasteiger partial charge in [-0.2, -0.15) is 18.2 Å². The van der Waals surface area contributed by atoms with E-state index >= 15 is 0 Å². The van der Waals surface area contributed by atoms with Crippen LogP contribution in [0.5, 0.6) is 0 Å². The summed E-state index contributed by atoms with van der Waals surface area (Å²) in [6.45, 7) is -0.148. The molecule has 29 heavy (non-hydrogen) atoms. The second kappa shape index (κ2) is 9.74. The van der Waals surface area contributed by atoms with Gasteiger partial charge in [-0.3, -0.25) is 4.79 Å². The van der Waals surface area contributed by atoms with E-state index in [4.69, 9.17) is 23.2 Å². The molecule has 11 heteroatoms. The van der Waals surface area contributed by atoms with Gasteiger partial charge in [0.2, 0.25) is 11.9 Å². The number of halogens is 6. The van der Waals surface area contributed by atoms with Crippen molar-refractivity contribution >= 4 is 62.1 Å². The number of carbonyl (C=O) groups is 1. The average molecular weight is 561 g/mol. The van der Waals surface area contributed by atoms with Crippen LogP contribution >= 0.6 is 43.9 Å². The van der Waals surface area contributed by atoms with Gasteiger partial charge >= 0.3 is 6.18 Å². The fraction of sp³-hybridized carbons (Fsp3) is 0.444. The Morgan fingerprint density at radius 1 is 1.24 bits per heavy atom. The van der Waals surface area contributed by atoms with Crippen LogP contribution < -0.4 is 10.6 Å². The number of benzene rings is 1. The number of amides is 1. The predicted octanol–water partition coefficient (Wildman–Crippen LogP) is 4.73. The number of hydrogen-bond acceptors (Lipinski definition) is 2. The third kappa shape index (κ3) is 6.39. The number of guanidine groups is 1. The molecule has 1 aliphatic carbocycles. The summed E-state index contributed by atoms with van der Waals surface area (Å²) in [5.74, 6) is -0.0782. The summed E-state index contributed by atoms with van der Waals surface area (Å²) in [5, 5.41) is 5.57. The molecule has 3 rings (SSSR count). The normalized spacial score (nSPS) is 24.1. The Morgan fingerprint density at radius 3 is 2.59 bits per heavy atom. The number of aliphatic imine (C=N–C) groups is 2. The predicted molar refractivity (Wildman–Crippen MR) is 118 cm³/mol. The second-order valence-electron chi connectivity index (χ2n) is 6.66. The lowest BCUT2D eigenvalue weighted by atomic mass is 9.85. The zero-order valence-electron chi connectivity index (χ0n) is 15.1. The van der Waals surface area contributed by atoms with Gasteiger partial charge in [-0.25, -0.2) is 4.99 Å². The van der Waals surface area contributed by atoms with E-state index in [0.717, 1.165) is 6.07 Å². The van der Waals surface area contributed by atoms with Crippen LogP contribution in [-0.2, 0) is 17.5 Å². The Kier molecular flexibility index (Phi) is 7.55. The van der Waals surface area contributed by atoms with E-state index in [2.05, 4.69) is 20.6 Å². The van der Waals surface area contributed by atoms with Crippen molar-refractivity contribution in [3.05, 3.63) is 35.4 Å². The van der Waals surface area contributed by atoms with Gasteiger partial charge in [0, 0.05) is 12.5 Å². The van der Waals surface area contributed by atoms with Crippen molar-refractivity contribution in [1.82, 2.24) is 10.6 Å². The summed E-state index contributed by atoms with van der Waals surface area (Å²) in [6, 6.07) is 5.26. The topological polar surface area (TPSA) is 65.8 Å². The number of rotatable bonds is 4. The first-order valence-corrected chi connectivity index (χ1v) is 11.8. The van der Waals surface area contributed by atoms with Gasteiger partial charge in [-0.05, 0) is 58.0 Å². The fourth-order valence-electron chi connectivity index (χ4n) is 3.28. The average Bonchev–Trinajstić information content (AvgIpc) is 2.65. The molecule has 158 valence electrons. The Bertz CT molecular complexity index is 865. The summed E-state index contributed by atoms with van der Waals surface area (Å²) < 4.78 is 40.2. The number of hydrogen-bond donors (Lipinski definition) is 2. The van der Waals surface area contributed by atoms with Crippen molar-refractivity contribution in [1.29, 1.82) is 0 Å². The zero-order valence-corrected chi connectivity index (χ0v) is 18.7. The summed E-state index contributed by atoms with van der Waals surface area (Å²) >= 11 is 11.3. The first-order valence-electron chi connectivity index (χ1n) is 8.91. The van der Waals surface area contributed by atoms with Crippen LogP contribution in [0.1, 0.15) is 36.8 Å². The molecule has 1 aromatic rings. The maximum atomic E-state index is 13.1. The highest BCUT2D eigenvalue weighted by Crippen LogP contribution is 2.32. The molecule has 0 bridgehead atoms. The molecule has 1 fully saturated rings. The molecular formula is C18H18Cl2F3IN4O. The minimum absolute atomic E-state index is 0.00138. The van der Waals surface area contributed by atoms with Gasteiger partial charge in [-0.1, -0.05) is 41.4 Å². The molecule has 1 aliphatic heterocycles. The molecule has 0 aromatic heterocycles. The standard InChI is InChI=1S/C18H18Cl2F3IN4O/c19-15-24-16(20)28-17(27-15)26-12-7-5-10(6-8-12)14(29)25-9-11-3-1-2-4-13(11)18(21,22)23/h1-4,10,12H,5-9H2,(H,25,29)(H,26,27,28). The summed E-state index contributed by atoms with van der Waals surface area (Å²) in [5.41, 5.74) is -0.667. The summed E-state index contributed by atoms with van der Waals surface area (Å²) in [7, 11) is 0. The lowest BCUT2D eigenvalue weighted by molar-refractivity contribution is -0.138. The van der Waals surface area contributed by atoms with Crippen LogP contribution in [0.25, 0.3) is 0 Å². The maximum Gasteiger partial charge on any atom is 0.416 e. The molecule has 2 aliphatic rings. The first kappa shape index (κ1) is 22.5. The number of alkyl halides is 3. The van der Waals surface area contributed by atoms with Crippen LogP contribution in [0.3, 0.4) is 0 Å². The van der Waals surface area contributed by atoms with Crippen molar-refractivity contribution in [2.24, 2.45) is 15.9 Å². The third-order valence-electron chi connectivity index (χ3n) is 4.71. The van der Waals surface area contributed by atoms with Gasteiger partial charge in [0.1, 0.15) is 3.09 Å². The van der Waals surface area contributed by atoms with Crippen LogP contribution in [-0.4, -0.2) is 24.2 Å². The van der Waals surface area contributed by atoms with E-state index in [1.807, 2.05) is 0 Å². The Hall–Kier alpha value is -1.20. The minimum Gasteiger partial charge on any atom is -0.352 e. The largest absolute Gasteiger partial charge is 0.416 e. The smallest absolute Gasteiger partial charge is 0.352 e. The monoisotopic (exact) mass is 560 g/mol. The Morgan fingerprint density at radius 2 is 1.93 bits per heavy atom. The third-order valence-corrected chi connectivity index (χ3v) is 7.27. The number of carbonyl (C=O) groups excluding carboxylic acids is 1. The summed E-state index contributed by atoms with van der Waals surface area (Å²) in [6.07, 6.45) is -1.87. The van der Waals surface area contributed by atoms with E-state index < -0.39 is 32.5 Å². The van der Waals surface area contributed by atoms with Crippen LogP contribution in [0.4, 0.5) is 13.2 Å². The van der Waals surface area contributed by atoms with Gasteiger partial charge in [-0.15, -0.1) is 0 Å². The molecule has 1 saturated carbocycles. The molecule has 0 radical (unpaired) electrons. The van der Waals surface area contributed by atoms with Crippen molar-refractivity contribution < 1.29 is 18.0 Å². The van der Waals surface area contributed by atoms with Gasteiger partial charge in [0.05, 0.1) is 11.6 Å². The maximum absolute atomic E-state index is 13.1. The van der Waals surface area contributed by atoms with E-state index in [1.54, 1.807) is 0 Å². The van der Waals surface area contributed by atoms with E-state index in [0.29, 0.717) is 37.9 Å². The van der Waals surface area contributed by atoms with E-state index in [-0.39, 0.29) is 30.0 Å². The Labute approximate surface area is 185 Å². The highest BCUT2D eigenvalue weighted by molar-refractivity contribution is 14.2. The summed E-state index contributed by atoms with van der Waals surface area (Å²) in [4.78, 5) is 21.1. The molecule has 5 nitrogen and oxygen atoms in total. The minimum atomic E-state index is -4.45. The quantitative estimate of drug-likeness (QED) is 0.413. The SMILES string of the molecule is O=C(NCc1ccccc1C(F)(F)F)C1CCC(N=C2N=C(Cl)I=C(Cl)N2)CC1. The molecule has 1 heterocycles. The van der Waals surface area contributed by atoms with Crippen molar-refractivity contribution in [2.75, 3.05) is 0 Å². The number of nitrogens with zero attached hydrogens (tertiary/aromatic N) is 2. The van der Waals surface area contributed by atoms with Crippen molar-refractivity contribution in [3.8, 4) is 0 Å². The zero-order chi connectivity index (χ0) is 21.0. The van der Waals surface area contributed by atoms with Crippen molar-refractivity contribution in [2.45, 2.75) is 44.4 Å². The second-order valence-corrected chi connectivity index (χ2v) is 11.3. The molecule has 0 unspecified atom stereocenters. The van der Waals surface area contributed by atoms with Crippen LogP contribution in [0.15, 0.2) is 34.3 Å².